The van der Waals surface area contributed by atoms with Crippen molar-refractivity contribution in [2.24, 2.45) is 0 Å². The van der Waals surface area contributed by atoms with Gasteiger partial charge in [-0.05, 0) is 55.1 Å². The van der Waals surface area contributed by atoms with E-state index >= 15 is 0 Å². The van der Waals surface area contributed by atoms with Gasteiger partial charge in [-0.3, -0.25) is 9.59 Å². The van der Waals surface area contributed by atoms with Gasteiger partial charge in [0.05, 0.1) is 11.6 Å². The molecule has 2 aromatic carbocycles. The monoisotopic (exact) mass is 450 g/mol. The van der Waals surface area contributed by atoms with Gasteiger partial charge in [0.25, 0.3) is 11.7 Å². The van der Waals surface area contributed by atoms with Crippen LogP contribution in [0.1, 0.15) is 31.0 Å². The van der Waals surface area contributed by atoms with Gasteiger partial charge in [-0.25, -0.2) is 0 Å². The number of nitrogens with zero attached hydrogens (tertiary/aromatic N) is 2. The summed E-state index contributed by atoms with van der Waals surface area (Å²) in [6, 6.07) is 12.2. The van der Waals surface area contributed by atoms with E-state index in [0.717, 1.165) is 13.1 Å². The Balaban J connectivity index is 2.03. The molecule has 1 aliphatic heterocycles. The maximum Gasteiger partial charge on any atom is 0.295 e. The van der Waals surface area contributed by atoms with Crippen LogP contribution in [0.25, 0.3) is 5.76 Å². The minimum atomic E-state index is -0.752. The molecule has 174 valence electrons. The van der Waals surface area contributed by atoms with Crippen LogP contribution in [0.3, 0.4) is 0 Å². The Kier molecular flexibility index (Phi) is 7.90. The van der Waals surface area contributed by atoms with E-state index < -0.39 is 17.7 Å². The molecule has 1 aliphatic rings. The third-order valence-electron chi connectivity index (χ3n) is 5.80. The van der Waals surface area contributed by atoms with Crippen LogP contribution in [0.15, 0.2) is 66.8 Å². The highest BCUT2D eigenvalue weighted by molar-refractivity contribution is 6.46. The van der Waals surface area contributed by atoms with Gasteiger partial charge >= 0.3 is 0 Å². The Labute approximate surface area is 194 Å². The summed E-state index contributed by atoms with van der Waals surface area (Å²) < 4.78 is 5.47. The number of ketones is 1. The van der Waals surface area contributed by atoms with Gasteiger partial charge in [-0.1, -0.05) is 38.6 Å². The summed E-state index contributed by atoms with van der Waals surface area (Å²) in [7, 11) is 0. The van der Waals surface area contributed by atoms with E-state index in [-0.39, 0.29) is 17.1 Å². The van der Waals surface area contributed by atoms with E-state index in [1.165, 1.54) is 17.0 Å². The highest BCUT2D eigenvalue weighted by Gasteiger charge is 2.45. The van der Waals surface area contributed by atoms with E-state index in [4.69, 9.17) is 4.74 Å². The zero-order valence-electron chi connectivity index (χ0n) is 19.0. The molecule has 3 rings (SSSR count). The van der Waals surface area contributed by atoms with Crippen molar-refractivity contribution in [2.45, 2.75) is 19.9 Å². The van der Waals surface area contributed by atoms with Gasteiger partial charge in [0.2, 0.25) is 0 Å². The van der Waals surface area contributed by atoms with Crippen LogP contribution in [-0.2, 0) is 9.59 Å². The molecule has 33 heavy (non-hydrogen) atoms. The van der Waals surface area contributed by atoms with Crippen molar-refractivity contribution in [3.05, 3.63) is 77.9 Å². The van der Waals surface area contributed by atoms with Crippen LogP contribution in [0, 0.1) is 0 Å². The Bertz CT molecular complexity index is 1020. The number of ether oxygens (including phenoxy) is 1. The van der Waals surface area contributed by atoms with E-state index in [1.807, 2.05) is 13.8 Å². The van der Waals surface area contributed by atoms with Crippen molar-refractivity contribution in [1.29, 1.82) is 0 Å². The molecule has 1 amide bonds. The molecular weight excluding hydrogens is 420 g/mol. The number of phenolic OH excluding ortho intramolecular Hbond substituents is 1. The lowest BCUT2D eigenvalue weighted by Gasteiger charge is -2.28. The third-order valence-corrected chi connectivity index (χ3v) is 5.80. The fraction of sp³-hybridized carbons (Fsp3) is 0.308. The summed E-state index contributed by atoms with van der Waals surface area (Å²) in [6.45, 7) is 10.6. The highest BCUT2D eigenvalue weighted by atomic mass is 16.5. The summed E-state index contributed by atoms with van der Waals surface area (Å²) >= 11 is 0. The number of aliphatic hydroxyl groups is 1. The lowest BCUT2D eigenvalue weighted by molar-refractivity contribution is -0.140. The number of rotatable bonds is 10. The molecule has 2 N–H and O–H groups in total. The van der Waals surface area contributed by atoms with E-state index in [9.17, 15) is 19.8 Å². The fourth-order valence-corrected chi connectivity index (χ4v) is 3.92. The van der Waals surface area contributed by atoms with Crippen molar-refractivity contribution in [3.8, 4) is 11.5 Å². The number of amides is 1. The molecule has 2 aromatic rings. The lowest BCUT2D eigenvalue weighted by atomic mass is 9.95. The number of aromatic hydroxyl groups is 1. The predicted octanol–water partition coefficient (Wildman–Crippen LogP) is 3.72. The molecule has 0 aromatic heterocycles. The molecule has 1 fully saturated rings. The second-order valence-electron chi connectivity index (χ2n) is 7.73. The Morgan fingerprint density at radius 1 is 1.09 bits per heavy atom. The fourth-order valence-electron chi connectivity index (χ4n) is 3.92. The molecule has 0 radical (unpaired) electrons. The lowest BCUT2D eigenvalue weighted by Crippen LogP contribution is -2.38. The number of Topliss-reactive ketones (excluding diaryl/α,β-unsaturated/α-hetero) is 1. The van der Waals surface area contributed by atoms with Crippen molar-refractivity contribution in [1.82, 2.24) is 9.80 Å². The van der Waals surface area contributed by atoms with Gasteiger partial charge in [0, 0.05) is 18.7 Å². The van der Waals surface area contributed by atoms with E-state index in [2.05, 4.69) is 11.5 Å². The number of hydrogen-bond donors (Lipinski definition) is 2. The summed E-state index contributed by atoms with van der Waals surface area (Å²) in [4.78, 5) is 29.7. The van der Waals surface area contributed by atoms with Crippen LogP contribution in [0.2, 0.25) is 0 Å². The molecule has 0 aliphatic carbocycles. The summed E-state index contributed by atoms with van der Waals surface area (Å²) in [5.41, 5.74) is 1.08. The standard InChI is InChI=1S/C26H30N2O5/c1-4-17-33-21-13-9-19(10-14-21)24(30)22-23(18-7-11-20(29)12-8-18)28(26(32)25(22)31)16-15-27(5-2)6-3/h4,7-14,23,29-30H,1,5-6,15-17H2,2-3H3/t23-/m0/s1. The van der Waals surface area contributed by atoms with Crippen molar-refractivity contribution in [2.75, 3.05) is 32.8 Å². The van der Waals surface area contributed by atoms with Crippen LogP contribution in [-0.4, -0.2) is 64.5 Å². The number of likely N-dealkylation sites (tertiary alicyclic amines) is 1. The molecule has 0 spiro atoms. The Morgan fingerprint density at radius 3 is 2.30 bits per heavy atom. The molecule has 1 atom stereocenters. The predicted molar refractivity (Wildman–Crippen MR) is 127 cm³/mol. The Morgan fingerprint density at radius 2 is 1.73 bits per heavy atom. The molecule has 0 bridgehead atoms. The van der Waals surface area contributed by atoms with Crippen LogP contribution in [0.5, 0.6) is 11.5 Å². The topological polar surface area (TPSA) is 90.3 Å². The first-order valence-electron chi connectivity index (χ1n) is 11.0. The van der Waals surface area contributed by atoms with E-state index in [1.54, 1.807) is 42.5 Å². The largest absolute Gasteiger partial charge is 0.508 e. The van der Waals surface area contributed by atoms with Gasteiger partial charge in [0.1, 0.15) is 23.9 Å². The first kappa shape index (κ1) is 24.1. The maximum atomic E-state index is 13.1. The molecule has 7 heteroatoms. The number of hydrogen-bond acceptors (Lipinski definition) is 6. The van der Waals surface area contributed by atoms with Gasteiger partial charge in [0.15, 0.2) is 0 Å². The molecular formula is C26H30N2O5. The number of likely N-dealkylation sites (N-methyl/N-ethyl adjacent to an activating group) is 1. The minimum absolute atomic E-state index is 0.0324. The summed E-state index contributed by atoms with van der Waals surface area (Å²) in [5.74, 6) is -0.938. The van der Waals surface area contributed by atoms with Crippen LogP contribution in [0.4, 0.5) is 0 Å². The average molecular weight is 451 g/mol. The zero-order chi connectivity index (χ0) is 24.0. The van der Waals surface area contributed by atoms with Gasteiger partial charge < -0.3 is 24.7 Å². The molecule has 0 unspecified atom stereocenters. The summed E-state index contributed by atoms with van der Waals surface area (Å²) in [5, 5.41) is 20.8. The highest BCUT2D eigenvalue weighted by Crippen LogP contribution is 2.39. The number of carbonyl (C=O) groups is 2. The van der Waals surface area contributed by atoms with Crippen molar-refractivity contribution in [3.63, 3.8) is 0 Å². The second-order valence-corrected chi connectivity index (χ2v) is 7.73. The second kappa shape index (κ2) is 10.8. The number of carbonyl (C=O) groups excluding carboxylic acids is 2. The molecule has 1 saturated heterocycles. The van der Waals surface area contributed by atoms with Crippen molar-refractivity contribution < 1.29 is 24.5 Å². The van der Waals surface area contributed by atoms with Gasteiger partial charge in [-0.15, -0.1) is 0 Å². The minimum Gasteiger partial charge on any atom is -0.508 e. The SMILES string of the molecule is C=CCOc1ccc(C(O)=C2C(=O)C(=O)N(CCN(CC)CC)[C@H]2c2ccc(O)cc2)cc1. The average Bonchev–Trinajstić information content (AvgIpc) is 3.08. The number of phenols is 1. The molecule has 1 heterocycles. The van der Waals surface area contributed by atoms with Crippen LogP contribution < -0.4 is 4.74 Å². The third kappa shape index (κ3) is 5.26. The normalized spacial score (nSPS) is 17.5. The van der Waals surface area contributed by atoms with Gasteiger partial charge in [-0.2, -0.15) is 0 Å². The first-order valence-corrected chi connectivity index (χ1v) is 11.0. The molecule has 0 saturated carbocycles. The maximum absolute atomic E-state index is 13.1. The quantitative estimate of drug-likeness (QED) is 0.248. The van der Waals surface area contributed by atoms with Crippen molar-refractivity contribution >= 4 is 17.4 Å². The van der Waals surface area contributed by atoms with E-state index in [0.29, 0.717) is 36.6 Å². The smallest absolute Gasteiger partial charge is 0.295 e. The molecule has 7 nitrogen and oxygen atoms in total. The van der Waals surface area contributed by atoms with Crippen LogP contribution >= 0.6 is 0 Å². The zero-order valence-corrected chi connectivity index (χ0v) is 19.0. The Hall–Kier alpha value is -3.58. The number of benzene rings is 2. The number of aliphatic hydroxyl groups excluding tert-OH is 1. The first-order chi connectivity index (χ1) is 15.9. The summed E-state index contributed by atoms with van der Waals surface area (Å²) in [6.07, 6.45) is 1.63.